The number of allylic oxidation sites excluding steroid dienone is 4. The van der Waals surface area contributed by atoms with Crippen LogP contribution in [-0.4, -0.2) is 15.8 Å². The Morgan fingerprint density at radius 3 is 2.12 bits per heavy atom. The van der Waals surface area contributed by atoms with E-state index >= 15 is 0 Å². The van der Waals surface area contributed by atoms with Crippen LogP contribution in [0.2, 0.25) is 0 Å². The number of imidazole rings is 1. The number of ketones is 1. The summed E-state index contributed by atoms with van der Waals surface area (Å²) in [6.07, 6.45) is 5.79. The largest absolute Gasteiger partial charge is 0.337 e. The lowest BCUT2D eigenvalue weighted by molar-refractivity contribution is -0.113. The molecular formula is C21H16N2O. The molecule has 0 radical (unpaired) electrons. The zero-order valence-electron chi connectivity index (χ0n) is 13.1. The maximum atomic E-state index is 11.4. The highest BCUT2D eigenvalue weighted by Crippen LogP contribution is 2.32. The SMILES string of the molecule is O=C1C=CC(c2nc(-c3ccccc3)c(-c3ccccc3)[nH]2)=CC1. The van der Waals surface area contributed by atoms with E-state index in [0.29, 0.717) is 6.42 Å². The van der Waals surface area contributed by atoms with Gasteiger partial charge in [0.05, 0.1) is 11.4 Å². The van der Waals surface area contributed by atoms with Gasteiger partial charge in [0.2, 0.25) is 0 Å². The zero-order valence-corrected chi connectivity index (χ0v) is 13.1. The van der Waals surface area contributed by atoms with Gasteiger partial charge in [-0.05, 0) is 12.2 Å². The Bertz CT molecular complexity index is 877. The van der Waals surface area contributed by atoms with Gasteiger partial charge in [0.15, 0.2) is 5.78 Å². The average Bonchev–Trinajstić information content (AvgIpc) is 3.09. The predicted molar refractivity (Wildman–Crippen MR) is 96.2 cm³/mol. The van der Waals surface area contributed by atoms with Gasteiger partial charge in [-0.15, -0.1) is 0 Å². The lowest BCUT2D eigenvalue weighted by Crippen LogP contribution is -1.97. The number of H-pyrrole nitrogens is 1. The second kappa shape index (κ2) is 6.13. The van der Waals surface area contributed by atoms with E-state index in [-0.39, 0.29) is 5.78 Å². The van der Waals surface area contributed by atoms with Crippen molar-refractivity contribution in [3.63, 3.8) is 0 Å². The van der Waals surface area contributed by atoms with Gasteiger partial charge in [-0.25, -0.2) is 4.98 Å². The van der Waals surface area contributed by atoms with E-state index in [1.807, 2.05) is 48.6 Å². The second-order valence-electron chi connectivity index (χ2n) is 5.70. The smallest absolute Gasteiger partial charge is 0.159 e. The predicted octanol–water partition coefficient (Wildman–Crippen LogP) is 4.66. The summed E-state index contributed by atoms with van der Waals surface area (Å²) in [6, 6.07) is 20.3. The van der Waals surface area contributed by atoms with Crippen molar-refractivity contribution in [2.24, 2.45) is 0 Å². The van der Waals surface area contributed by atoms with E-state index in [1.54, 1.807) is 6.08 Å². The first-order chi connectivity index (χ1) is 11.8. The molecule has 116 valence electrons. The maximum absolute atomic E-state index is 11.4. The van der Waals surface area contributed by atoms with Crippen molar-refractivity contribution in [3.05, 3.63) is 84.7 Å². The number of carbonyl (C=O) groups is 1. The molecule has 3 heteroatoms. The van der Waals surface area contributed by atoms with Gasteiger partial charge in [-0.2, -0.15) is 0 Å². The van der Waals surface area contributed by atoms with Crippen molar-refractivity contribution in [3.8, 4) is 22.5 Å². The van der Waals surface area contributed by atoms with Crippen molar-refractivity contribution < 1.29 is 4.79 Å². The summed E-state index contributed by atoms with van der Waals surface area (Å²) < 4.78 is 0. The standard InChI is InChI=1S/C21H16N2O/c24-18-13-11-17(12-14-18)21-22-19(15-7-3-1-4-8-15)20(23-21)16-9-5-2-6-10-16/h1-13H,14H2,(H,22,23). The molecule has 0 unspecified atom stereocenters. The van der Waals surface area contributed by atoms with Crippen LogP contribution in [0.25, 0.3) is 28.1 Å². The molecule has 4 rings (SSSR count). The summed E-state index contributed by atoms with van der Waals surface area (Å²) in [6.45, 7) is 0. The third-order valence-corrected chi connectivity index (χ3v) is 4.06. The molecule has 1 aromatic heterocycles. The minimum Gasteiger partial charge on any atom is -0.337 e. The van der Waals surface area contributed by atoms with Crippen LogP contribution in [0.1, 0.15) is 12.2 Å². The average molecular weight is 312 g/mol. The molecule has 2 aromatic carbocycles. The Hall–Kier alpha value is -3.20. The number of nitrogens with one attached hydrogen (secondary N) is 1. The van der Waals surface area contributed by atoms with Crippen LogP contribution in [0.4, 0.5) is 0 Å². The van der Waals surface area contributed by atoms with Crippen LogP contribution >= 0.6 is 0 Å². The molecule has 0 saturated carbocycles. The molecule has 0 saturated heterocycles. The van der Waals surface area contributed by atoms with E-state index in [4.69, 9.17) is 4.98 Å². The number of carbonyl (C=O) groups excluding carboxylic acids is 1. The molecule has 0 spiro atoms. The Balaban J connectivity index is 1.86. The third kappa shape index (κ3) is 2.72. The number of aromatic amines is 1. The molecule has 1 heterocycles. The lowest BCUT2D eigenvalue weighted by Gasteiger charge is -2.03. The molecule has 1 N–H and O–H groups in total. The summed E-state index contributed by atoms with van der Waals surface area (Å²) in [4.78, 5) is 19.7. The van der Waals surface area contributed by atoms with E-state index in [0.717, 1.165) is 33.9 Å². The number of aromatic nitrogens is 2. The Morgan fingerprint density at radius 1 is 0.833 bits per heavy atom. The first kappa shape index (κ1) is 14.4. The van der Waals surface area contributed by atoms with Gasteiger partial charge in [0.1, 0.15) is 5.82 Å². The van der Waals surface area contributed by atoms with Crippen LogP contribution in [0.15, 0.2) is 78.9 Å². The molecule has 24 heavy (non-hydrogen) atoms. The summed E-state index contributed by atoms with van der Waals surface area (Å²) >= 11 is 0. The molecule has 0 amide bonds. The zero-order chi connectivity index (χ0) is 16.4. The summed E-state index contributed by atoms with van der Waals surface area (Å²) in [7, 11) is 0. The van der Waals surface area contributed by atoms with Crippen molar-refractivity contribution in [2.45, 2.75) is 6.42 Å². The van der Waals surface area contributed by atoms with Crippen LogP contribution < -0.4 is 0 Å². The molecule has 0 atom stereocenters. The first-order valence-corrected chi connectivity index (χ1v) is 7.93. The van der Waals surface area contributed by atoms with E-state index in [9.17, 15) is 4.79 Å². The first-order valence-electron chi connectivity index (χ1n) is 7.93. The minimum atomic E-state index is 0.122. The second-order valence-corrected chi connectivity index (χ2v) is 5.70. The van der Waals surface area contributed by atoms with Crippen LogP contribution in [0.5, 0.6) is 0 Å². The van der Waals surface area contributed by atoms with Crippen LogP contribution in [0.3, 0.4) is 0 Å². The van der Waals surface area contributed by atoms with Crippen molar-refractivity contribution in [1.29, 1.82) is 0 Å². The van der Waals surface area contributed by atoms with Gasteiger partial charge >= 0.3 is 0 Å². The normalized spacial score (nSPS) is 13.8. The number of nitrogens with zero attached hydrogens (tertiary/aromatic N) is 1. The number of rotatable bonds is 3. The van der Waals surface area contributed by atoms with E-state index < -0.39 is 0 Å². The van der Waals surface area contributed by atoms with Gasteiger partial charge < -0.3 is 4.98 Å². The number of hydrogen-bond donors (Lipinski definition) is 1. The van der Waals surface area contributed by atoms with E-state index in [1.165, 1.54) is 0 Å². The third-order valence-electron chi connectivity index (χ3n) is 4.06. The van der Waals surface area contributed by atoms with Crippen LogP contribution in [0, 0.1) is 0 Å². The lowest BCUT2D eigenvalue weighted by atomic mass is 10.1. The molecule has 3 aromatic rings. The monoisotopic (exact) mass is 312 g/mol. The summed E-state index contributed by atoms with van der Waals surface area (Å²) in [5.41, 5.74) is 5.02. The Kier molecular flexibility index (Phi) is 3.67. The van der Waals surface area contributed by atoms with Gasteiger partial charge in [0.25, 0.3) is 0 Å². The topological polar surface area (TPSA) is 45.8 Å². The molecule has 0 fully saturated rings. The number of benzene rings is 2. The van der Waals surface area contributed by atoms with Crippen molar-refractivity contribution >= 4 is 11.4 Å². The van der Waals surface area contributed by atoms with Gasteiger partial charge in [-0.3, -0.25) is 4.79 Å². The highest BCUT2D eigenvalue weighted by Gasteiger charge is 2.16. The van der Waals surface area contributed by atoms with Gasteiger partial charge in [0, 0.05) is 23.1 Å². The van der Waals surface area contributed by atoms with Gasteiger partial charge in [-0.1, -0.05) is 66.7 Å². The molecule has 0 aliphatic heterocycles. The number of hydrogen-bond acceptors (Lipinski definition) is 2. The molecule has 3 nitrogen and oxygen atoms in total. The van der Waals surface area contributed by atoms with E-state index in [2.05, 4.69) is 29.2 Å². The highest BCUT2D eigenvalue weighted by atomic mass is 16.1. The highest BCUT2D eigenvalue weighted by molar-refractivity contribution is 5.97. The Labute approximate surface area is 140 Å². The van der Waals surface area contributed by atoms with Crippen molar-refractivity contribution in [1.82, 2.24) is 9.97 Å². The fourth-order valence-corrected chi connectivity index (χ4v) is 2.83. The summed E-state index contributed by atoms with van der Waals surface area (Å²) in [5.74, 6) is 0.910. The maximum Gasteiger partial charge on any atom is 0.159 e. The fraction of sp³-hybridized carbons (Fsp3) is 0.0476. The quantitative estimate of drug-likeness (QED) is 0.764. The van der Waals surface area contributed by atoms with Crippen LogP contribution in [-0.2, 0) is 4.79 Å². The fourth-order valence-electron chi connectivity index (χ4n) is 2.83. The molecular weight excluding hydrogens is 296 g/mol. The summed E-state index contributed by atoms with van der Waals surface area (Å²) in [5, 5.41) is 0. The minimum absolute atomic E-state index is 0.122. The molecule has 1 aliphatic carbocycles. The van der Waals surface area contributed by atoms with Crippen molar-refractivity contribution in [2.75, 3.05) is 0 Å². The molecule has 0 bridgehead atoms. The Morgan fingerprint density at radius 2 is 1.50 bits per heavy atom. The molecule has 1 aliphatic rings.